The lowest BCUT2D eigenvalue weighted by molar-refractivity contribution is 0.314. The minimum atomic E-state index is 0.0830. The Hall–Kier alpha value is -2.85. The van der Waals surface area contributed by atoms with Gasteiger partial charge >= 0.3 is 0 Å². The number of amidine groups is 1. The van der Waals surface area contributed by atoms with Crippen LogP contribution in [0.15, 0.2) is 84.0 Å². The summed E-state index contributed by atoms with van der Waals surface area (Å²) in [5.41, 5.74) is 3.72. The molecule has 4 rings (SSSR count). The Morgan fingerprint density at radius 2 is 1.77 bits per heavy atom. The van der Waals surface area contributed by atoms with Gasteiger partial charge in [-0.3, -0.25) is 10.3 Å². The van der Waals surface area contributed by atoms with Crippen molar-refractivity contribution in [2.45, 2.75) is 18.8 Å². The van der Waals surface area contributed by atoms with E-state index >= 15 is 0 Å². The van der Waals surface area contributed by atoms with Crippen molar-refractivity contribution in [2.24, 2.45) is 4.99 Å². The van der Waals surface area contributed by atoms with Crippen LogP contribution >= 0.6 is 0 Å². The van der Waals surface area contributed by atoms with E-state index in [0.29, 0.717) is 0 Å². The number of nitrogens with zero attached hydrogens (tertiary/aromatic N) is 3. The van der Waals surface area contributed by atoms with Gasteiger partial charge < -0.3 is 9.80 Å². The fourth-order valence-corrected chi connectivity index (χ4v) is 3.41. The van der Waals surface area contributed by atoms with Crippen molar-refractivity contribution in [3.05, 3.63) is 90.2 Å². The lowest BCUT2D eigenvalue weighted by Crippen LogP contribution is -2.44. The molecule has 2 aromatic rings. The summed E-state index contributed by atoms with van der Waals surface area (Å²) in [4.78, 5) is 9.29. The average molecular weight is 344 g/mol. The predicted molar refractivity (Wildman–Crippen MR) is 108 cm³/mol. The van der Waals surface area contributed by atoms with Gasteiger partial charge in [0, 0.05) is 32.5 Å². The highest BCUT2D eigenvalue weighted by Crippen LogP contribution is 2.32. The first-order valence-corrected chi connectivity index (χ1v) is 8.98. The van der Waals surface area contributed by atoms with Crippen LogP contribution in [0.5, 0.6) is 0 Å². The molecule has 0 aliphatic carbocycles. The largest absolute Gasteiger partial charge is 0.378 e. The van der Waals surface area contributed by atoms with E-state index in [1.165, 1.54) is 16.8 Å². The first-order valence-electron chi connectivity index (χ1n) is 8.98. The number of hydrogen-bond donors (Lipinski definition) is 1. The Kier molecular flexibility index (Phi) is 4.59. The van der Waals surface area contributed by atoms with Gasteiger partial charge in [-0.2, -0.15) is 0 Å². The monoisotopic (exact) mass is 344 g/mol. The minimum absolute atomic E-state index is 0.0830. The summed E-state index contributed by atoms with van der Waals surface area (Å²) in [5, 5.41) is 3.71. The Balaban J connectivity index is 1.53. The van der Waals surface area contributed by atoms with Gasteiger partial charge in [0.1, 0.15) is 18.0 Å². The van der Waals surface area contributed by atoms with Crippen LogP contribution in [0.1, 0.15) is 17.2 Å². The standard InChI is InChI=1S/C22H24N4/c1-25(2)19-13-11-17(12-14-19)16-23-22-21(18-8-4-3-5-9-18)24-20-10-6-7-15-26(20)22/h3-15,21-23H,16H2,1-2H3. The predicted octanol–water partition coefficient (Wildman–Crippen LogP) is 3.71. The van der Waals surface area contributed by atoms with E-state index in [1.807, 2.05) is 12.1 Å². The number of hydrogen-bond acceptors (Lipinski definition) is 4. The first kappa shape index (κ1) is 16.6. The molecule has 0 radical (unpaired) electrons. The summed E-state index contributed by atoms with van der Waals surface area (Å²) >= 11 is 0. The Labute approximate surface area is 155 Å². The molecule has 4 heteroatoms. The van der Waals surface area contributed by atoms with Crippen molar-refractivity contribution >= 4 is 11.5 Å². The summed E-state index contributed by atoms with van der Waals surface area (Å²) in [5.74, 6) is 1.02. The van der Waals surface area contributed by atoms with Gasteiger partial charge in [-0.15, -0.1) is 0 Å². The molecule has 0 spiro atoms. The highest BCUT2D eigenvalue weighted by molar-refractivity contribution is 5.96. The number of aliphatic imine (C=N–C) groups is 1. The van der Waals surface area contributed by atoms with E-state index in [4.69, 9.17) is 4.99 Å². The molecule has 2 heterocycles. The third-order valence-electron chi connectivity index (χ3n) is 4.85. The number of anilines is 1. The molecule has 0 saturated heterocycles. The van der Waals surface area contributed by atoms with Crippen LogP contribution in [-0.4, -0.2) is 31.0 Å². The topological polar surface area (TPSA) is 30.9 Å². The summed E-state index contributed by atoms with van der Waals surface area (Å²) in [6.45, 7) is 0.804. The molecular formula is C22H24N4. The zero-order chi connectivity index (χ0) is 17.9. The first-order chi connectivity index (χ1) is 12.7. The van der Waals surface area contributed by atoms with Crippen LogP contribution in [0, 0.1) is 0 Å². The number of nitrogens with one attached hydrogen (secondary N) is 1. The van der Waals surface area contributed by atoms with E-state index in [1.54, 1.807) is 0 Å². The molecule has 0 amide bonds. The average Bonchev–Trinajstić information content (AvgIpc) is 3.06. The Bertz CT molecular complexity index is 834. The van der Waals surface area contributed by atoms with Gasteiger partial charge in [-0.1, -0.05) is 48.5 Å². The second-order valence-electron chi connectivity index (χ2n) is 6.84. The molecule has 26 heavy (non-hydrogen) atoms. The minimum Gasteiger partial charge on any atom is -0.378 e. The molecule has 2 atom stereocenters. The zero-order valence-electron chi connectivity index (χ0n) is 15.2. The molecule has 0 bridgehead atoms. The van der Waals surface area contributed by atoms with Crippen LogP contribution in [-0.2, 0) is 6.54 Å². The maximum absolute atomic E-state index is 4.95. The summed E-state index contributed by atoms with van der Waals surface area (Å²) in [7, 11) is 4.12. The Morgan fingerprint density at radius 3 is 2.50 bits per heavy atom. The maximum atomic E-state index is 4.95. The maximum Gasteiger partial charge on any atom is 0.129 e. The van der Waals surface area contributed by atoms with Crippen LogP contribution in [0.4, 0.5) is 5.69 Å². The van der Waals surface area contributed by atoms with Gasteiger partial charge in [0.2, 0.25) is 0 Å². The van der Waals surface area contributed by atoms with Crippen molar-refractivity contribution in [2.75, 3.05) is 19.0 Å². The highest BCUT2D eigenvalue weighted by atomic mass is 15.4. The van der Waals surface area contributed by atoms with Crippen molar-refractivity contribution < 1.29 is 0 Å². The highest BCUT2D eigenvalue weighted by Gasteiger charge is 2.35. The van der Waals surface area contributed by atoms with Crippen LogP contribution in [0.25, 0.3) is 0 Å². The van der Waals surface area contributed by atoms with Crippen molar-refractivity contribution in [3.63, 3.8) is 0 Å². The Morgan fingerprint density at radius 1 is 1.00 bits per heavy atom. The molecule has 1 N–H and O–H groups in total. The molecule has 0 aromatic heterocycles. The fraction of sp³-hybridized carbons (Fsp3) is 0.227. The second-order valence-corrected chi connectivity index (χ2v) is 6.84. The zero-order valence-corrected chi connectivity index (χ0v) is 15.2. The molecule has 4 nitrogen and oxygen atoms in total. The van der Waals surface area contributed by atoms with E-state index in [9.17, 15) is 0 Å². The molecule has 0 saturated carbocycles. The van der Waals surface area contributed by atoms with E-state index in [-0.39, 0.29) is 12.2 Å². The molecular weight excluding hydrogens is 320 g/mol. The number of rotatable bonds is 5. The number of benzene rings is 2. The molecule has 2 aromatic carbocycles. The fourth-order valence-electron chi connectivity index (χ4n) is 3.41. The summed E-state index contributed by atoms with van der Waals surface area (Å²) < 4.78 is 0. The van der Waals surface area contributed by atoms with Crippen molar-refractivity contribution in [1.29, 1.82) is 0 Å². The summed E-state index contributed by atoms with van der Waals surface area (Å²) in [6.07, 6.45) is 8.40. The molecule has 0 fully saturated rings. The molecule has 2 unspecified atom stereocenters. The van der Waals surface area contributed by atoms with Gasteiger partial charge in [0.15, 0.2) is 0 Å². The van der Waals surface area contributed by atoms with Gasteiger partial charge in [-0.05, 0) is 35.4 Å². The third kappa shape index (κ3) is 3.28. The number of fused-ring (bicyclic) bond motifs is 1. The van der Waals surface area contributed by atoms with E-state index in [0.717, 1.165) is 12.4 Å². The third-order valence-corrected chi connectivity index (χ3v) is 4.85. The molecule has 132 valence electrons. The quantitative estimate of drug-likeness (QED) is 0.897. The molecule has 2 aliphatic heterocycles. The number of allylic oxidation sites excluding steroid dienone is 2. The second kappa shape index (κ2) is 7.18. The molecule has 2 aliphatic rings. The lowest BCUT2D eigenvalue weighted by atomic mass is 10.0. The SMILES string of the molecule is CN(C)c1ccc(CNC2C(c3ccccc3)N=C3C=CC=CN32)cc1. The van der Waals surface area contributed by atoms with Crippen molar-refractivity contribution in [3.8, 4) is 0 Å². The van der Waals surface area contributed by atoms with Crippen LogP contribution < -0.4 is 10.2 Å². The van der Waals surface area contributed by atoms with E-state index in [2.05, 4.69) is 96.1 Å². The van der Waals surface area contributed by atoms with Gasteiger partial charge in [-0.25, -0.2) is 0 Å². The van der Waals surface area contributed by atoms with Crippen molar-refractivity contribution in [1.82, 2.24) is 10.2 Å². The van der Waals surface area contributed by atoms with Gasteiger partial charge in [0.05, 0.1) is 0 Å². The van der Waals surface area contributed by atoms with Crippen LogP contribution in [0.3, 0.4) is 0 Å². The van der Waals surface area contributed by atoms with Crippen LogP contribution in [0.2, 0.25) is 0 Å². The smallest absolute Gasteiger partial charge is 0.129 e. The summed E-state index contributed by atoms with van der Waals surface area (Å²) in [6, 6.07) is 19.3. The van der Waals surface area contributed by atoms with Gasteiger partial charge in [0.25, 0.3) is 0 Å². The normalized spacial score (nSPS) is 20.8. The van der Waals surface area contributed by atoms with E-state index < -0.39 is 0 Å². The lowest BCUT2D eigenvalue weighted by Gasteiger charge is -2.29.